The molecule has 0 heterocycles. The number of carbonyl (C=O) groups excluding carboxylic acids is 1. The standard InChI is InChI=1S/C12H21BrN2O/c1-10(13)8-15-11(16)12(9-14)6-4-2-3-5-7-12/h1-9,14H2,(H,15,16). The van der Waals surface area contributed by atoms with Crippen molar-refractivity contribution in [2.45, 2.75) is 38.5 Å². The summed E-state index contributed by atoms with van der Waals surface area (Å²) in [6.45, 7) is 4.65. The van der Waals surface area contributed by atoms with Gasteiger partial charge in [-0.2, -0.15) is 0 Å². The molecule has 1 saturated carbocycles. The van der Waals surface area contributed by atoms with Crippen LogP contribution in [0.25, 0.3) is 0 Å². The normalized spacial score (nSPS) is 19.9. The van der Waals surface area contributed by atoms with Gasteiger partial charge >= 0.3 is 0 Å². The highest BCUT2D eigenvalue weighted by molar-refractivity contribution is 9.11. The number of halogens is 1. The van der Waals surface area contributed by atoms with E-state index < -0.39 is 0 Å². The second-order valence-electron chi connectivity index (χ2n) is 4.60. The first kappa shape index (κ1) is 13.7. The van der Waals surface area contributed by atoms with Gasteiger partial charge in [0.15, 0.2) is 0 Å². The summed E-state index contributed by atoms with van der Waals surface area (Å²) in [5, 5.41) is 2.91. The molecule has 0 saturated heterocycles. The van der Waals surface area contributed by atoms with Gasteiger partial charge in [-0.15, -0.1) is 0 Å². The Balaban J connectivity index is 2.61. The molecule has 0 unspecified atom stereocenters. The smallest absolute Gasteiger partial charge is 0.227 e. The Morgan fingerprint density at radius 3 is 2.31 bits per heavy atom. The molecule has 4 heteroatoms. The molecule has 0 aliphatic heterocycles. The summed E-state index contributed by atoms with van der Waals surface area (Å²) >= 11 is 3.24. The average molecular weight is 289 g/mol. The predicted octanol–water partition coefficient (Wildman–Crippen LogP) is 2.31. The largest absolute Gasteiger partial charge is 0.351 e. The summed E-state index contributed by atoms with van der Waals surface area (Å²) in [7, 11) is 0. The molecular formula is C12H21BrN2O. The second kappa shape index (κ2) is 6.40. The van der Waals surface area contributed by atoms with E-state index in [1.807, 2.05) is 0 Å². The van der Waals surface area contributed by atoms with Gasteiger partial charge in [-0.3, -0.25) is 4.79 Å². The lowest BCUT2D eigenvalue weighted by Crippen LogP contribution is -2.46. The molecule has 0 aromatic rings. The fourth-order valence-electron chi connectivity index (χ4n) is 2.29. The van der Waals surface area contributed by atoms with Crippen LogP contribution in [0, 0.1) is 5.41 Å². The van der Waals surface area contributed by atoms with Crippen molar-refractivity contribution in [1.29, 1.82) is 0 Å². The van der Waals surface area contributed by atoms with E-state index >= 15 is 0 Å². The topological polar surface area (TPSA) is 55.1 Å². The van der Waals surface area contributed by atoms with E-state index in [9.17, 15) is 4.79 Å². The Bertz CT molecular complexity index is 258. The predicted molar refractivity (Wildman–Crippen MR) is 70.3 cm³/mol. The molecule has 0 bridgehead atoms. The molecule has 0 spiro atoms. The quantitative estimate of drug-likeness (QED) is 0.780. The first-order valence-corrected chi connectivity index (χ1v) is 6.72. The summed E-state index contributed by atoms with van der Waals surface area (Å²) in [6, 6.07) is 0. The molecule has 1 fully saturated rings. The van der Waals surface area contributed by atoms with E-state index in [4.69, 9.17) is 5.73 Å². The van der Waals surface area contributed by atoms with Gasteiger partial charge in [0, 0.05) is 17.6 Å². The molecule has 3 nitrogen and oxygen atoms in total. The van der Waals surface area contributed by atoms with Gasteiger partial charge in [0.1, 0.15) is 0 Å². The Morgan fingerprint density at radius 1 is 1.31 bits per heavy atom. The van der Waals surface area contributed by atoms with Crippen LogP contribution < -0.4 is 11.1 Å². The minimum absolute atomic E-state index is 0.0949. The summed E-state index contributed by atoms with van der Waals surface area (Å²) in [5.74, 6) is 0.0949. The molecule has 1 aliphatic rings. The zero-order valence-corrected chi connectivity index (χ0v) is 11.3. The molecule has 0 aromatic carbocycles. The van der Waals surface area contributed by atoms with Gasteiger partial charge in [0.2, 0.25) is 5.91 Å². The van der Waals surface area contributed by atoms with Gasteiger partial charge in [-0.1, -0.05) is 48.2 Å². The van der Waals surface area contributed by atoms with Crippen LogP contribution in [0.5, 0.6) is 0 Å². The molecule has 16 heavy (non-hydrogen) atoms. The third-order valence-corrected chi connectivity index (χ3v) is 3.65. The van der Waals surface area contributed by atoms with Crippen LogP contribution in [0.1, 0.15) is 38.5 Å². The maximum Gasteiger partial charge on any atom is 0.227 e. The van der Waals surface area contributed by atoms with E-state index in [-0.39, 0.29) is 11.3 Å². The Kier molecular flexibility index (Phi) is 5.49. The Hall–Kier alpha value is -0.350. The highest BCUT2D eigenvalue weighted by atomic mass is 79.9. The first-order valence-electron chi connectivity index (χ1n) is 5.92. The van der Waals surface area contributed by atoms with Gasteiger partial charge in [-0.05, 0) is 12.8 Å². The van der Waals surface area contributed by atoms with Crippen molar-refractivity contribution in [3.63, 3.8) is 0 Å². The van der Waals surface area contributed by atoms with E-state index in [0.717, 1.165) is 30.2 Å². The van der Waals surface area contributed by atoms with Crippen molar-refractivity contribution >= 4 is 21.8 Å². The van der Waals surface area contributed by atoms with Crippen LogP contribution in [0.15, 0.2) is 11.1 Å². The van der Waals surface area contributed by atoms with Crippen molar-refractivity contribution in [1.82, 2.24) is 5.32 Å². The molecule has 3 N–H and O–H groups in total. The van der Waals surface area contributed by atoms with Crippen LogP contribution in [-0.2, 0) is 4.79 Å². The first-order chi connectivity index (χ1) is 7.60. The minimum atomic E-state index is -0.334. The zero-order chi connectivity index (χ0) is 12.0. The molecule has 1 rings (SSSR count). The SMILES string of the molecule is C=C(Br)CNC(=O)C1(CN)CCCCCC1. The molecule has 0 radical (unpaired) electrons. The highest BCUT2D eigenvalue weighted by Crippen LogP contribution is 2.34. The van der Waals surface area contributed by atoms with Gasteiger partial charge in [-0.25, -0.2) is 0 Å². The molecular weight excluding hydrogens is 268 g/mol. The van der Waals surface area contributed by atoms with Crippen LogP contribution in [0.3, 0.4) is 0 Å². The molecule has 0 aromatic heterocycles. The number of hydrogen-bond acceptors (Lipinski definition) is 2. The van der Waals surface area contributed by atoms with Gasteiger partial charge < -0.3 is 11.1 Å². The van der Waals surface area contributed by atoms with Crippen LogP contribution in [0.4, 0.5) is 0 Å². The monoisotopic (exact) mass is 288 g/mol. The third-order valence-electron chi connectivity index (χ3n) is 3.37. The average Bonchev–Trinajstić information content (AvgIpc) is 2.51. The van der Waals surface area contributed by atoms with E-state index in [0.29, 0.717) is 13.1 Å². The van der Waals surface area contributed by atoms with E-state index in [1.165, 1.54) is 12.8 Å². The number of nitrogens with one attached hydrogen (secondary N) is 1. The molecule has 1 aliphatic carbocycles. The van der Waals surface area contributed by atoms with E-state index in [1.54, 1.807) is 0 Å². The number of carbonyl (C=O) groups is 1. The third kappa shape index (κ3) is 3.59. The van der Waals surface area contributed by atoms with Crippen molar-refractivity contribution < 1.29 is 4.79 Å². The Labute approximate surface area is 106 Å². The fraction of sp³-hybridized carbons (Fsp3) is 0.750. The second-order valence-corrected chi connectivity index (χ2v) is 5.72. The summed E-state index contributed by atoms with van der Waals surface area (Å²) in [5.41, 5.74) is 5.49. The maximum atomic E-state index is 12.2. The number of hydrogen-bond donors (Lipinski definition) is 2. The lowest BCUT2D eigenvalue weighted by atomic mass is 9.79. The molecule has 0 atom stereocenters. The summed E-state index contributed by atoms with van der Waals surface area (Å²) in [4.78, 5) is 12.2. The lowest BCUT2D eigenvalue weighted by Gasteiger charge is -2.29. The lowest BCUT2D eigenvalue weighted by molar-refractivity contribution is -0.131. The van der Waals surface area contributed by atoms with Crippen molar-refractivity contribution in [2.24, 2.45) is 11.1 Å². The van der Waals surface area contributed by atoms with E-state index in [2.05, 4.69) is 27.8 Å². The van der Waals surface area contributed by atoms with Crippen molar-refractivity contribution in [2.75, 3.05) is 13.1 Å². The Morgan fingerprint density at radius 2 is 1.88 bits per heavy atom. The van der Waals surface area contributed by atoms with Gasteiger partial charge in [0.25, 0.3) is 0 Å². The van der Waals surface area contributed by atoms with Crippen LogP contribution >= 0.6 is 15.9 Å². The number of nitrogens with two attached hydrogens (primary N) is 1. The number of rotatable bonds is 4. The van der Waals surface area contributed by atoms with Crippen LogP contribution in [0.2, 0.25) is 0 Å². The summed E-state index contributed by atoms with van der Waals surface area (Å²) in [6.07, 6.45) is 6.51. The van der Waals surface area contributed by atoms with Crippen molar-refractivity contribution in [3.8, 4) is 0 Å². The summed E-state index contributed by atoms with van der Waals surface area (Å²) < 4.78 is 0.793. The number of amides is 1. The maximum absolute atomic E-state index is 12.2. The molecule has 1 amide bonds. The van der Waals surface area contributed by atoms with Crippen molar-refractivity contribution in [3.05, 3.63) is 11.1 Å². The fourth-order valence-corrected chi connectivity index (χ4v) is 2.43. The van der Waals surface area contributed by atoms with Crippen LogP contribution in [-0.4, -0.2) is 19.0 Å². The van der Waals surface area contributed by atoms with Gasteiger partial charge in [0.05, 0.1) is 5.41 Å². The molecule has 92 valence electrons. The zero-order valence-electron chi connectivity index (χ0n) is 9.73. The minimum Gasteiger partial charge on any atom is -0.351 e. The highest BCUT2D eigenvalue weighted by Gasteiger charge is 2.36.